The van der Waals surface area contributed by atoms with Gasteiger partial charge in [0.15, 0.2) is 0 Å². The lowest BCUT2D eigenvalue weighted by Crippen LogP contribution is -2.18. The molecule has 0 bridgehead atoms. The van der Waals surface area contributed by atoms with E-state index < -0.39 is 0 Å². The van der Waals surface area contributed by atoms with Gasteiger partial charge in [0.05, 0.1) is 10.7 Å². The minimum Gasteiger partial charge on any atom is -0.374 e. The van der Waals surface area contributed by atoms with Crippen molar-refractivity contribution in [2.45, 2.75) is 26.7 Å². The Morgan fingerprint density at radius 3 is 2.43 bits per heavy atom. The summed E-state index contributed by atoms with van der Waals surface area (Å²) < 4.78 is 0. The third kappa shape index (κ3) is 2.61. The fourth-order valence-corrected chi connectivity index (χ4v) is 1.82. The SMILES string of the molecule is C=C/N=C(C)\C(Cl)=C(/C)N1CCCC1. The number of likely N-dealkylation sites (tertiary alicyclic amines) is 1. The van der Waals surface area contributed by atoms with E-state index in [1.165, 1.54) is 19.0 Å². The Morgan fingerprint density at radius 2 is 1.93 bits per heavy atom. The molecule has 0 amide bonds. The number of rotatable bonds is 3. The first-order valence-corrected chi connectivity index (χ1v) is 5.31. The van der Waals surface area contributed by atoms with Gasteiger partial charge in [-0.2, -0.15) is 0 Å². The molecular weight excluding hydrogens is 196 g/mol. The molecule has 0 N–H and O–H groups in total. The van der Waals surface area contributed by atoms with Crippen molar-refractivity contribution in [2.75, 3.05) is 13.1 Å². The summed E-state index contributed by atoms with van der Waals surface area (Å²) in [6, 6.07) is 0. The monoisotopic (exact) mass is 212 g/mol. The average molecular weight is 213 g/mol. The quantitative estimate of drug-likeness (QED) is 0.657. The minimum atomic E-state index is 0.756. The summed E-state index contributed by atoms with van der Waals surface area (Å²) in [6.45, 7) is 9.74. The van der Waals surface area contributed by atoms with Crippen LogP contribution in [0.4, 0.5) is 0 Å². The van der Waals surface area contributed by atoms with Gasteiger partial charge in [-0.1, -0.05) is 18.2 Å². The van der Waals surface area contributed by atoms with Gasteiger partial charge in [-0.3, -0.25) is 4.99 Å². The number of halogens is 1. The molecule has 0 aromatic heterocycles. The molecule has 0 atom stereocenters. The van der Waals surface area contributed by atoms with Crippen molar-refractivity contribution in [3.63, 3.8) is 0 Å². The third-order valence-corrected chi connectivity index (χ3v) is 3.05. The summed E-state index contributed by atoms with van der Waals surface area (Å²) in [4.78, 5) is 6.39. The van der Waals surface area contributed by atoms with Gasteiger partial charge >= 0.3 is 0 Å². The first kappa shape index (κ1) is 11.3. The van der Waals surface area contributed by atoms with Crippen molar-refractivity contribution in [3.8, 4) is 0 Å². The van der Waals surface area contributed by atoms with Crippen LogP contribution in [0.1, 0.15) is 26.7 Å². The highest BCUT2D eigenvalue weighted by Crippen LogP contribution is 2.20. The predicted octanol–water partition coefficient (Wildman–Crippen LogP) is 3.16. The van der Waals surface area contributed by atoms with Gasteiger partial charge in [-0.25, -0.2) is 0 Å². The highest BCUT2D eigenvalue weighted by molar-refractivity contribution is 6.43. The van der Waals surface area contributed by atoms with Crippen LogP contribution < -0.4 is 0 Å². The van der Waals surface area contributed by atoms with E-state index in [1.54, 1.807) is 0 Å². The van der Waals surface area contributed by atoms with Crippen molar-refractivity contribution in [2.24, 2.45) is 4.99 Å². The molecule has 0 radical (unpaired) electrons. The largest absolute Gasteiger partial charge is 0.374 e. The van der Waals surface area contributed by atoms with Gasteiger partial charge in [0.25, 0.3) is 0 Å². The maximum atomic E-state index is 6.20. The van der Waals surface area contributed by atoms with Crippen LogP contribution in [-0.4, -0.2) is 23.7 Å². The van der Waals surface area contributed by atoms with Crippen LogP contribution in [0, 0.1) is 0 Å². The Kier molecular flexibility index (Phi) is 4.21. The lowest BCUT2D eigenvalue weighted by atomic mass is 10.3. The van der Waals surface area contributed by atoms with Crippen molar-refractivity contribution < 1.29 is 0 Å². The summed E-state index contributed by atoms with van der Waals surface area (Å²) in [5, 5.41) is 0.756. The van der Waals surface area contributed by atoms with Crippen molar-refractivity contribution in [1.29, 1.82) is 0 Å². The summed E-state index contributed by atoms with van der Waals surface area (Å²) in [6.07, 6.45) is 4.05. The molecule has 78 valence electrons. The normalized spacial score (nSPS) is 19.6. The first-order valence-electron chi connectivity index (χ1n) is 4.94. The molecule has 0 saturated carbocycles. The molecule has 1 rings (SSSR count). The second-order valence-corrected chi connectivity index (χ2v) is 3.87. The Hall–Kier alpha value is -0.760. The summed E-state index contributed by atoms with van der Waals surface area (Å²) >= 11 is 6.20. The van der Waals surface area contributed by atoms with E-state index in [-0.39, 0.29) is 0 Å². The van der Waals surface area contributed by atoms with Gasteiger partial charge in [0.1, 0.15) is 0 Å². The second-order valence-electron chi connectivity index (χ2n) is 3.49. The molecule has 1 heterocycles. The zero-order valence-corrected chi connectivity index (χ0v) is 9.64. The second kappa shape index (κ2) is 5.20. The van der Waals surface area contributed by atoms with Crippen LogP contribution in [0.3, 0.4) is 0 Å². The highest BCUT2D eigenvalue weighted by atomic mass is 35.5. The van der Waals surface area contributed by atoms with E-state index in [1.807, 2.05) is 6.92 Å². The molecule has 1 aliphatic rings. The van der Waals surface area contributed by atoms with Gasteiger partial charge in [0.2, 0.25) is 0 Å². The smallest absolute Gasteiger partial charge is 0.0806 e. The van der Waals surface area contributed by atoms with Gasteiger partial charge in [-0.15, -0.1) is 0 Å². The Balaban J connectivity index is 2.80. The lowest BCUT2D eigenvalue weighted by molar-refractivity contribution is 0.427. The van der Waals surface area contributed by atoms with Gasteiger partial charge in [-0.05, 0) is 26.7 Å². The summed E-state index contributed by atoms with van der Waals surface area (Å²) in [5.41, 5.74) is 1.97. The van der Waals surface area contributed by atoms with Crippen LogP contribution in [0.2, 0.25) is 0 Å². The van der Waals surface area contributed by atoms with Crippen LogP contribution in [-0.2, 0) is 0 Å². The van der Waals surface area contributed by atoms with Gasteiger partial charge in [0, 0.05) is 25.0 Å². The van der Waals surface area contributed by atoms with E-state index in [4.69, 9.17) is 11.6 Å². The zero-order valence-electron chi connectivity index (χ0n) is 8.89. The molecule has 1 saturated heterocycles. The molecule has 0 spiro atoms. The summed E-state index contributed by atoms with van der Waals surface area (Å²) in [7, 11) is 0. The number of hydrogen-bond acceptors (Lipinski definition) is 2. The topological polar surface area (TPSA) is 15.6 Å². The Morgan fingerprint density at radius 1 is 1.36 bits per heavy atom. The first-order chi connectivity index (χ1) is 6.66. The zero-order chi connectivity index (χ0) is 10.6. The van der Waals surface area contributed by atoms with E-state index in [0.29, 0.717) is 0 Å². The number of nitrogens with zero attached hydrogens (tertiary/aromatic N) is 2. The predicted molar refractivity (Wildman–Crippen MR) is 62.7 cm³/mol. The van der Waals surface area contributed by atoms with Crippen molar-refractivity contribution in [3.05, 3.63) is 23.5 Å². The number of allylic oxidation sites excluding steroid dienone is 2. The Bertz CT molecular complexity index is 273. The van der Waals surface area contributed by atoms with Crippen LogP contribution in [0.5, 0.6) is 0 Å². The van der Waals surface area contributed by atoms with Crippen LogP contribution >= 0.6 is 11.6 Å². The maximum Gasteiger partial charge on any atom is 0.0806 e. The number of aliphatic imine (C=N–C) groups is 1. The van der Waals surface area contributed by atoms with E-state index in [2.05, 4.69) is 23.4 Å². The molecule has 2 nitrogen and oxygen atoms in total. The van der Waals surface area contributed by atoms with Crippen molar-refractivity contribution in [1.82, 2.24) is 4.90 Å². The van der Waals surface area contributed by atoms with Crippen LogP contribution in [0.25, 0.3) is 0 Å². The van der Waals surface area contributed by atoms with Crippen molar-refractivity contribution >= 4 is 17.3 Å². The lowest BCUT2D eigenvalue weighted by Gasteiger charge is -2.19. The van der Waals surface area contributed by atoms with Crippen LogP contribution in [0.15, 0.2) is 28.5 Å². The molecule has 0 aromatic rings. The molecule has 0 aromatic carbocycles. The third-order valence-electron chi connectivity index (χ3n) is 2.50. The average Bonchev–Trinajstić information content (AvgIpc) is 2.68. The van der Waals surface area contributed by atoms with E-state index in [0.717, 1.165) is 29.5 Å². The fourth-order valence-electron chi connectivity index (χ4n) is 1.65. The minimum absolute atomic E-state index is 0.756. The molecule has 1 fully saturated rings. The Labute approximate surface area is 91.0 Å². The molecule has 0 aliphatic carbocycles. The molecule has 14 heavy (non-hydrogen) atoms. The van der Waals surface area contributed by atoms with E-state index >= 15 is 0 Å². The molecule has 1 aliphatic heterocycles. The highest BCUT2D eigenvalue weighted by Gasteiger charge is 2.15. The standard InChI is InChI=1S/C11H17ClN2/c1-4-13-9(2)11(12)10(3)14-7-5-6-8-14/h4H,1,5-8H2,2-3H3/b11-10-,13-9-. The fraction of sp³-hybridized carbons (Fsp3) is 0.545. The number of hydrogen-bond donors (Lipinski definition) is 0. The summed E-state index contributed by atoms with van der Waals surface area (Å²) in [5.74, 6) is 0. The maximum absolute atomic E-state index is 6.20. The molecule has 0 unspecified atom stereocenters. The van der Waals surface area contributed by atoms with Gasteiger partial charge < -0.3 is 4.90 Å². The van der Waals surface area contributed by atoms with E-state index in [9.17, 15) is 0 Å². The molecular formula is C11H17ClN2. The molecule has 3 heteroatoms.